The lowest BCUT2D eigenvalue weighted by molar-refractivity contribution is 0.276. The van der Waals surface area contributed by atoms with Crippen molar-refractivity contribution in [2.45, 2.75) is 6.04 Å². The van der Waals surface area contributed by atoms with Crippen molar-refractivity contribution in [3.63, 3.8) is 0 Å². The maximum Gasteiger partial charge on any atom is 0.224 e. The summed E-state index contributed by atoms with van der Waals surface area (Å²) in [5, 5.41) is 12.6. The Kier molecular flexibility index (Phi) is 3.96. The predicted octanol–water partition coefficient (Wildman–Crippen LogP) is 1.86. The standard InChI is InChI=1S/C12H13ClN4O/c13-12-15-6-9(14)11(17-12)16-10(7-18)8-4-2-1-3-5-8/h1-6,10,18H,7,14H2,(H,15,16,17). The third-order valence-electron chi connectivity index (χ3n) is 2.48. The first kappa shape index (κ1) is 12.6. The Morgan fingerprint density at radius 1 is 1.33 bits per heavy atom. The van der Waals surface area contributed by atoms with Crippen molar-refractivity contribution in [1.82, 2.24) is 9.97 Å². The second-order valence-electron chi connectivity index (χ2n) is 3.73. The molecule has 2 rings (SSSR count). The summed E-state index contributed by atoms with van der Waals surface area (Å²) in [6, 6.07) is 9.24. The van der Waals surface area contributed by atoms with Gasteiger partial charge >= 0.3 is 0 Å². The van der Waals surface area contributed by atoms with Gasteiger partial charge in [-0.05, 0) is 17.2 Å². The molecule has 0 aliphatic rings. The molecule has 1 heterocycles. The number of aromatic nitrogens is 2. The van der Waals surface area contributed by atoms with Crippen LogP contribution in [-0.4, -0.2) is 21.7 Å². The molecule has 0 radical (unpaired) electrons. The summed E-state index contributed by atoms with van der Waals surface area (Å²) in [5.74, 6) is 0.415. The summed E-state index contributed by atoms with van der Waals surface area (Å²) in [4.78, 5) is 7.77. The van der Waals surface area contributed by atoms with Crippen molar-refractivity contribution >= 4 is 23.1 Å². The number of anilines is 2. The van der Waals surface area contributed by atoms with Crippen LogP contribution in [0, 0.1) is 0 Å². The average molecular weight is 265 g/mol. The highest BCUT2D eigenvalue weighted by Gasteiger charge is 2.12. The van der Waals surface area contributed by atoms with Gasteiger partial charge in [0.15, 0.2) is 5.82 Å². The van der Waals surface area contributed by atoms with Crippen molar-refractivity contribution < 1.29 is 5.11 Å². The van der Waals surface area contributed by atoms with E-state index in [4.69, 9.17) is 17.3 Å². The van der Waals surface area contributed by atoms with Gasteiger partial charge in [-0.1, -0.05) is 30.3 Å². The molecule has 0 amide bonds. The van der Waals surface area contributed by atoms with Crippen LogP contribution < -0.4 is 11.1 Å². The monoisotopic (exact) mass is 264 g/mol. The average Bonchev–Trinajstić information content (AvgIpc) is 2.41. The minimum Gasteiger partial charge on any atom is -0.394 e. The van der Waals surface area contributed by atoms with Crippen LogP contribution in [0.2, 0.25) is 5.28 Å². The van der Waals surface area contributed by atoms with Gasteiger partial charge in [0.05, 0.1) is 24.5 Å². The summed E-state index contributed by atoms with van der Waals surface area (Å²) < 4.78 is 0. The summed E-state index contributed by atoms with van der Waals surface area (Å²) in [6.45, 7) is -0.0783. The van der Waals surface area contributed by atoms with E-state index in [1.807, 2.05) is 30.3 Å². The smallest absolute Gasteiger partial charge is 0.224 e. The molecule has 0 saturated carbocycles. The fraction of sp³-hybridized carbons (Fsp3) is 0.167. The van der Waals surface area contributed by atoms with Crippen molar-refractivity contribution in [3.05, 3.63) is 47.4 Å². The predicted molar refractivity (Wildman–Crippen MR) is 71.3 cm³/mol. The number of hydrogen-bond donors (Lipinski definition) is 3. The summed E-state index contributed by atoms with van der Waals surface area (Å²) in [5.41, 5.74) is 7.06. The number of nitrogens with two attached hydrogens (primary N) is 1. The molecule has 0 saturated heterocycles. The van der Waals surface area contributed by atoms with Gasteiger partial charge in [-0.3, -0.25) is 0 Å². The van der Waals surface area contributed by atoms with E-state index < -0.39 is 0 Å². The lowest BCUT2D eigenvalue weighted by atomic mass is 10.1. The first-order valence-corrected chi connectivity index (χ1v) is 5.79. The first-order chi connectivity index (χ1) is 8.70. The van der Waals surface area contributed by atoms with Gasteiger partial charge < -0.3 is 16.2 Å². The van der Waals surface area contributed by atoms with Crippen LogP contribution in [0.4, 0.5) is 11.5 Å². The first-order valence-electron chi connectivity index (χ1n) is 5.41. The van der Waals surface area contributed by atoms with Crippen LogP contribution in [0.1, 0.15) is 11.6 Å². The van der Waals surface area contributed by atoms with E-state index in [0.717, 1.165) is 5.56 Å². The second kappa shape index (κ2) is 5.66. The van der Waals surface area contributed by atoms with Crippen LogP contribution in [0.5, 0.6) is 0 Å². The SMILES string of the molecule is Nc1cnc(Cl)nc1NC(CO)c1ccccc1. The summed E-state index contributed by atoms with van der Waals surface area (Å²) in [6.07, 6.45) is 1.43. The van der Waals surface area contributed by atoms with Gasteiger partial charge in [0, 0.05) is 0 Å². The number of hydrogen-bond acceptors (Lipinski definition) is 5. The van der Waals surface area contributed by atoms with Gasteiger partial charge in [-0.2, -0.15) is 4.98 Å². The second-order valence-corrected chi connectivity index (χ2v) is 4.07. The summed E-state index contributed by atoms with van der Waals surface area (Å²) in [7, 11) is 0. The van der Waals surface area contributed by atoms with Crippen LogP contribution >= 0.6 is 11.6 Å². The van der Waals surface area contributed by atoms with E-state index in [0.29, 0.717) is 11.5 Å². The van der Waals surface area contributed by atoms with Gasteiger partial charge in [0.25, 0.3) is 0 Å². The number of nitrogens with zero attached hydrogens (tertiary/aromatic N) is 2. The molecule has 5 nitrogen and oxygen atoms in total. The summed E-state index contributed by atoms with van der Waals surface area (Å²) >= 11 is 5.71. The normalized spacial score (nSPS) is 12.1. The van der Waals surface area contributed by atoms with E-state index in [-0.39, 0.29) is 17.9 Å². The van der Waals surface area contributed by atoms with E-state index in [9.17, 15) is 5.11 Å². The maximum atomic E-state index is 9.42. The van der Waals surface area contributed by atoms with Crippen LogP contribution in [0.25, 0.3) is 0 Å². The third-order valence-corrected chi connectivity index (χ3v) is 2.67. The Labute approximate surface area is 110 Å². The van der Waals surface area contributed by atoms with Gasteiger partial charge in [0.1, 0.15) is 0 Å². The number of nitrogen functional groups attached to an aromatic ring is 1. The zero-order valence-corrected chi connectivity index (χ0v) is 10.3. The lowest BCUT2D eigenvalue weighted by Crippen LogP contribution is -2.16. The van der Waals surface area contributed by atoms with E-state index in [1.165, 1.54) is 6.20 Å². The van der Waals surface area contributed by atoms with Crippen molar-refractivity contribution in [2.75, 3.05) is 17.7 Å². The van der Waals surface area contributed by atoms with Crippen molar-refractivity contribution in [3.8, 4) is 0 Å². The number of rotatable bonds is 4. The fourth-order valence-corrected chi connectivity index (χ4v) is 1.70. The highest BCUT2D eigenvalue weighted by atomic mass is 35.5. The van der Waals surface area contributed by atoms with E-state index >= 15 is 0 Å². The number of benzene rings is 1. The molecule has 1 atom stereocenters. The molecule has 94 valence electrons. The fourth-order valence-electron chi connectivity index (χ4n) is 1.57. The number of aliphatic hydroxyl groups is 1. The third kappa shape index (κ3) is 2.88. The topological polar surface area (TPSA) is 84.1 Å². The van der Waals surface area contributed by atoms with Crippen LogP contribution in [-0.2, 0) is 0 Å². The molecule has 6 heteroatoms. The quantitative estimate of drug-likeness (QED) is 0.734. The largest absolute Gasteiger partial charge is 0.394 e. The molecule has 2 aromatic rings. The van der Waals surface area contributed by atoms with Gasteiger partial charge in [-0.25, -0.2) is 4.98 Å². The number of nitrogens with one attached hydrogen (secondary N) is 1. The highest BCUT2D eigenvalue weighted by Crippen LogP contribution is 2.22. The molecule has 18 heavy (non-hydrogen) atoms. The van der Waals surface area contributed by atoms with Crippen molar-refractivity contribution in [1.29, 1.82) is 0 Å². The molecule has 0 aliphatic carbocycles. The highest BCUT2D eigenvalue weighted by molar-refractivity contribution is 6.28. The molecule has 4 N–H and O–H groups in total. The number of aliphatic hydroxyl groups excluding tert-OH is 1. The molecule has 0 aliphatic heterocycles. The zero-order valence-electron chi connectivity index (χ0n) is 9.55. The van der Waals surface area contributed by atoms with Gasteiger partial charge in [-0.15, -0.1) is 0 Å². The van der Waals surface area contributed by atoms with Gasteiger partial charge in [0.2, 0.25) is 5.28 Å². The minimum absolute atomic E-state index is 0.0783. The van der Waals surface area contributed by atoms with Crippen LogP contribution in [0.15, 0.2) is 36.5 Å². The Hall–Kier alpha value is -1.85. The molecule has 0 spiro atoms. The Bertz CT molecular complexity index is 521. The zero-order chi connectivity index (χ0) is 13.0. The minimum atomic E-state index is -0.292. The molecule has 1 aromatic carbocycles. The molecular weight excluding hydrogens is 252 g/mol. The Morgan fingerprint density at radius 2 is 2.06 bits per heavy atom. The Balaban J connectivity index is 2.23. The molecular formula is C12H13ClN4O. The van der Waals surface area contributed by atoms with E-state index in [2.05, 4.69) is 15.3 Å². The Morgan fingerprint density at radius 3 is 2.72 bits per heavy atom. The maximum absolute atomic E-state index is 9.42. The van der Waals surface area contributed by atoms with Crippen LogP contribution in [0.3, 0.4) is 0 Å². The molecule has 1 aromatic heterocycles. The van der Waals surface area contributed by atoms with E-state index in [1.54, 1.807) is 0 Å². The molecule has 0 fully saturated rings. The number of halogens is 1. The molecule has 0 bridgehead atoms. The molecule has 1 unspecified atom stereocenters. The lowest BCUT2D eigenvalue weighted by Gasteiger charge is -2.18. The van der Waals surface area contributed by atoms with Crippen molar-refractivity contribution in [2.24, 2.45) is 0 Å².